The summed E-state index contributed by atoms with van der Waals surface area (Å²) in [4.78, 5) is 13.8. The molecule has 6 nitrogen and oxygen atoms in total. The number of amides is 1. The van der Waals surface area contributed by atoms with Crippen molar-refractivity contribution < 1.29 is 24.1 Å². The van der Waals surface area contributed by atoms with Crippen LogP contribution in [0.5, 0.6) is 0 Å². The zero-order valence-electron chi connectivity index (χ0n) is 14.9. The fourth-order valence-electron chi connectivity index (χ4n) is 3.02. The fourth-order valence-corrected chi connectivity index (χ4v) is 3.02. The second-order valence-electron chi connectivity index (χ2n) is 7.50. The third kappa shape index (κ3) is 4.07. The lowest BCUT2D eigenvalue weighted by Crippen LogP contribution is -2.46. The molecule has 2 aliphatic heterocycles. The van der Waals surface area contributed by atoms with Crippen LogP contribution in [0.1, 0.15) is 51.0 Å². The van der Waals surface area contributed by atoms with Gasteiger partial charge < -0.3 is 24.2 Å². The molecule has 6 heteroatoms. The van der Waals surface area contributed by atoms with Crippen LogP contribution in [-0.4, -0.2) is 34.8 Å². The molecule has 0 spiro atoms. The van der Waals surface area contributed by atoms with Gasteiger partial charge in [0.2, 0.25) is 0 Å². The number of carbonyl (C=O) groups is 1. The van der Waals surface area contributed by atoms with Crippen molar-refractivity contribution in [2.75, 3.05) is 13.1 Å². The Bertz CT molecular complexity index is 631. The van der Waals surface area contributed by atoms with Crippen LogP contribution in [0.2, 0.25) is 0 Å². The largest absolute Gasteiger partial charge is 0.455 e. The lowest BCUT2D eigenvalue weighted by molar-refractivity contribution is -0.0362. The van der Waals surface area contributed by atoms with Crippen LogP contribution in [0.4, 0.5) is 4.79 Å². The average molecular weight is 347 g/mol. The van der Waals surface area contributed by atoms with Crippen molar-refractivity contribution in [2.24, 2.45) is 0 Å². The number of aliphatic hydroxyl groups is 1. The minimum Gasteiger partial charge on any atom is -0.455 e. The van der Waals surface area contributed by atoms with Crippen LogP contribution in [0.15, 0.2) is 36.8 Å². The number of hydrogen-bond donors (Lipinski definition) is 1. The van der Waals surface area contributed by atoms with Gasteiger partial charge in [-0.05, 0) is 39.2 Å². The number of piperidine rings is 1. The summed E-state index contributed by atoms with van der Waals surface area (Å²) in [7, 11) is 0. The van der Waals surface area contributed by atoms with E-state index in [1.807, 2.05) is 45.0 Å². The van der Waals surface area contributed by atoms with Gasteiger partial charge >= 0.3 is 6.09 Å². The van der Waals surface area contributed by atoms with Crippen molar-refractivity contribution in [1.82, 2.24) is 4.90 Å². The predicted octanol–water partition coefficient (Wildman–Crippen LogP) is 3.42. The molecule has 1 aromatic rings. The van der Waals surface area contributed by atoms with E-state index in [1.54, 1.807) is 4.90 Å². The van der Waals surface area contributed by atoms with E-state index in [0.717, 1.165) is 11.1 Å². The molecule has 0 bridgehead atoms. The van der Waals surface area contributed by atoms with E-state index in [-0.39, 0.29) is 6.09 Å². The van der Waals surface area contributed by atoms with Crippen LogP contribution >= 0.6 is 0 Å². The first-order chi connectivity index (χ1) is 11.8. The van der Waals surface area contributed by atoms with Crippen molar-refractivity contribution in [3.63, 3.8) is 0 Å². The van der Waals surface area contributed by atoms with E-state index in [9.17, 15) is 9.90 Å². The molecule has 3 rings (SSSR count). The van der Waals surface area contributed by atoms with Gasteiger partial charge in [-0.15, -0.1) is 0 Å². The van der Waals surface area contributed by atoms with Crippen molar-refractivity contribution >= 4 is 6.09 Å². The van der Waals surface area contributed by atoms with Crippen LogP contribution in [0.25, 0.3) is 0 Å². The number of likely N-dealkylation sites (tertiary alicyclic amines) is 1. The third-order valence-corrected chi connectivity index (χ3v) is 4.42. The Morgan fingerprint density at radius 1 is 1.16 bits per heavy atom. The minimum atomic E-state index is -0.938. The maximum absolute atomic E-state index is 12.1. The maximum atomic E-state index is 12.1. The molecule has 0 atom stereocenters. The quantitative estimate of drug-likeness (QED) is 0.888. The molecule has 1 saturated heterocycles. The Morgan fingerprint density at radius 3 is 2.24 bits per heavy atom. The molecule has 1 amide bonds. The summed E-state index contributed by atoms with van der Waals surface area (Å²) in [6.45, 7) is 6.47. The van der Waals surface area contributed by atoms with Crippen molar-refractivity contribution in [2.45, 2.75) is 51.1 Å². The molecule has 0 unspecified atom stereocenters. The molecule has 0 saturated carbocycles. The molecule has 0 aliphatic carbocycles. The van der Waals surface area contributed by atoms with Crippen LogP contribution in [-0.2, 0) is 19.8 Å². The number of carbonyl (C=O) groups excluding carboxylic acids is 1. The van der Waals surface area contributed by atoms with Gasteiger partial charge in [-0.1, -0.05) is 24.3 Å². The summed E-state index contributed by atoms with van der Waals surface area (Å²) in [6.07, 6.45) is 3.23. The predicted molar refractivity (Wildman–Crippen MR) is 91.4 cm³/mol. The first-order valence-electron chi connectivity index (χ1n) is 8.54. The smallest absolute Gasteiger partial charge is 0.410 e. The summed E-state index contributed by atoms with van der Waals surface area (Å²) in [5, 5.41) is 11.0. The summed E-state index contributed by atoms with van der Waals surface area (Å²) in [5.41, 5.74) is 0.279. The molecule has 1 N–H and O–H groups in total. The average Bonchev–Trinajstić information content (AvgIpc) is 3.08. The van der Waals surface area contributed by atoms with Crippen LogP contribution in [0, 0.1) is 0 Å². The van der Waals surface area contributed by atoms with Crippen LogP contribution in [0.3, 0.4) is 0 Å². The van der Waals surface area contributed by atoms with Gasteiger partial charge in [-0.25, -0.2) is 4.79 Å². The number of nitrogens with zero attached hydrogens (tertiary/aromatic N) is 1. The second kappa shape index (κ2) is 6.59. The highest BCUT2D eigenvalue weighted by molar-refractivity contribution is 5.68. The zero-order valence-corrected chi connectivity index (χ0v) is 14.9. The van der Waals surface area contributed by atoms with Crippen molar-refractivity contribution in [1.29, 1.82) is 0 Å². The summed E-state index contributed by atoms with van der Waals surface area (Å²) in [5.74, 6) is 0. The molecule has 1 fully saturated rings. The number of hydrogen-bond acceptors (Lipinski definition) is 5. The molecule has 2 aliphatic rings. The van der Waals surface area contributed by atoms with Crippen LogP contribution < -0.4 is 0 Å². The number of benzene rings is 1. The molecule has 0 aromatic heterocycles. The van der Waals surface area contributed by atoms with E-state index in [4.69, 9.17) is 14.2 Å². The molecule has 0 radical (unpaired) electrons. The second-order valence-corrected chi connectivity index (χ2v) is 7.50. The standard InChI is InChI=1S/C19H25NO5/c1-18(2,3)25-17(21)20-10-8-19(22,9-11-20)15-6-4-14(5-7-15)16-23-12-13-24-16/h4-7,12-13,16,22H,8-11H2,1-3H3. The first kappa shape index (κ1) is 17.6. The summed E-state index contributed by atoms with van der Waals surface area (Å²) in [6, 6.07) is 7.57. The van der Waals surface area contributed by atoms with Gasteiger partial charge in [0.1, 0.15) is 18.1 Å². The van der Waals surface area contributed by atoms with Gasteiger partial charge in [0.15, 0.2) is 0 Å². The van der Waals surface area contributed by atoms with E-state index >= 15 is 0 Å². The molecular weight excluding hydrogens is 322 g/mol. The van der Waals surface area contributed by atoms with E-state index in [1.165, 1.54) is 12.5 Å². The normalized spacial score (nSPS) is 20.1. The van der Waals surface area contributed by atoms with Crippen molar-refractivity contribution in [3.05, 3.63) is 47.9 Å². The lowest BCUT2D eigenvalue weighted by atomic mass is 9.84. The SMILES string of the molecule is CC(C)(C)OC(=O)N1CCC(O)(c2ccc(C3OC=CO3)cc2)CC1. The molecule has 2 heterocycles. The molecule has 25 heavy (non-hydrogen) atoms. The highest BCUT2D eigenvalue weighted by Crippen LogP contribution is 2.34. The Labute approximate surface area is 148 Å². The highest BCUT2D eigenvalue weighted by Gasteiger charge is 2.36. The number of rotatable bonds is 2. The minimum absolute atomic E-state index is 0.326. The molecule has 1 aromatic carbocycles. The van der Waals surface area contributed by atoms with Gasteiger partial charge in [0, 0.05) is 18.7 Å². The van der Waals surface area contributed by atoms with Gasteiger partial charge in [0.25, 0.3) is 6.29 Å². The fraction of sp³-hybridized carbons (Fsp3) is 0.526. The van der Waals surface area contributed by atoms with E-state index in [0.29, 0.717) is 25.9 Å². The van der Waals surface area contributed by atoms with Gasteiger partial charge in [0.05, 0.1) is 5.60 Å². The zero-order chi connectivity index (χ0) is 18.1. The van der Waals surface area contributed by atoms with E-state index in [2.05, 4.69) is 0 Å². The lowest BCUT2D eigenvalue weighted by Gasteiger charge is -2.39. The summed E-state index contributed by atoms with van der Waals surface area (Å²) >= 11 is 0. The number of ether oxygens (including phenoxy) is 3. The monoisotopic (exact) mass is 347 g/mol. The Hall–Kier alpha value is -2.21. The Balaban J connectivity index is 1.61. The Kier molecular flexibility index (Phi) is 4.64. The van der Waals surface area contributed by atoms with Crippen molar-refractivity contribution in [3.8, 4) is 0 Å². The Morgan fingerprint density at radius 2 is 1.72 bits per heavy atom. The molecular formula is C19H25NO5. The highest BCUT2D eigenvalue weighted by atomic mass is 16.7. The first-order valence-corrected chi connectivity index (χ1v) is 8.54. The summed E-state index contributed by atoms with van der Waals surface area (Å²) < 4.78 is 16.0. The third-order valence-electron chi connectivity index (χ3n) is 4.42. The van der Waals surface area contributed by atoms with Gasteiger partial charge in [-0.3, -0.25) is 0 Å². The maximum Gasteiger partial charge on any atom is 0.410 e. The van der Waals surface area contributed by atoms with Gasteiger partial charge in [-0.2, -0.15) is 0 Å². The van der Waals surface area contributed by atoms with E-state index < -0.39 is 17.5 Å². The molecule has 136 valence electrons. The topological polar surface area (TPSA) is 68.2 Å².